The molecule has 6 nitrogen and oxygen atoms in total. The summed E-state index contributed by atoms with van der Waals surface area (Å²) in [6.07, 6.45) is -1.54. The molecule has 0 aliphatic carbocycles. The van der Waals surface area contributed by atoms with Crippen LogP contribution in [0.3, 0.4) is 0 Å². The molecule has 1 rings (SSSR count). The molecule has 0 radical (unpaired) electrons. The summed E-state index contributed by atoms with van der Waals surface area (Å²) in [4.78, 5) is 0. The van der Waals surface area contributed by atoms with Gasteiger partial charge in [-0.2, -0.15) is 0 Å². The number of hydrogen-bond acceptors (Lipinski definition) is 6. The molecule has 96 valence electrons. The van der Waals surface area contributed by atoms with Crippen LogP contribution in [-0.2, 0) is 5.60 Å². The maximum Gasteiger partial charge on any atom is 0.160 e. The molecular formula is C11H16O6. The molecule has 0 spiro atoms. The van der Waals surface area contributed by atoms with Gasteiger partial charge in [0, 0.05) is 0 Å². The van der Waals surface area contributed by atoms with Gasteiger partial charge in [0.2, 0.25) is 0 Å². The van der Waals surface area contributed by atoms with Crippen LogP contribution in [0.4, 0.5) is 0 Å². The molecule has 0 bridgehead atoms. The molecule has 1 aromatic carbocycles. The van der Waals surface area contributed by atoms with Gasteiger partial charge in [-0.15, -0.1) is 0 Å². The summed E-state index contributed by atoms with van der Waals surface area (Å²) in [5.74, 6) is -0.0328. The molecule has 0 unspecified atom stereocenters. The van der Waals surface area contributed by atoms with E-state index in [0.29, 0.717) is 0 Å². The number of methoxy groups -OCH3 is 1. The van der Waals surface area contributed by atoms with E-state index in [2.05, 4.69) is 0 Å². The second-order valence-electron chi connectivity index (χ2n) is 3.67. The van der Waals surface area contributed by atoms with Crippen LogP contribution in [0.25, 0.3) is 0 Å². The largest absolute Gasteiger partial charge is 0.504 e. The van der Waals surface area contributed by atoms with Crippen molar-refractivity contribution in [2.75, 3.05) is 20.3 Å². The maximum atomic E-state index is 10.1. The average Bonchev–Trinajstić information content (AvgIpc) is 2.37. The summed E-state index contributed by atoms with van der Waals surface area (Å²) in [5, 5.41) is 47.0. The third-order valence-corrected chi connectivity index (χ3v) is 2.64. The summed E-state index contributed by atoms with van der Waals surface area (Å²) < 4.78 is 4.85. The minimum atomic E-state index is -2.00. The van der Waals surface area contributed by atoms with E-state index in [1.165, 1.54) is 25.3 Å². The van der Waals surface area contributed by atoms with E-state index in [-0.39, 0.29) is 17.1 Å². The lowest BCUT2D eigenvalue weighted by atomic mass is 9.89. The predicted molar refractivity (Wildman–Crippen MR) is 58.7 cm³/mol. The number of aliphatic hydroxyl groups is 4. The zero-order valence-corrected chi connectivity index (χ0v) is 9.37. The first-order valence-corrected chi connectivity index (χ1v) is 4.99. The number of phenols is 1. The molecule has 0 heterocycles. The number of hydrogen-bond donors (Lipinski definition) is 5. The van der Waals surface area contributed by atoms with Gasteiger partial charge in [0.15, 0.2) is 11.5 Å². The van der Waals surface area contributed by atoms with Crippen molar-refractivity contribution in [1.82, 2.24) is 0 Å². The number of aromatic hydroxyl groups is 1. The van der Waals surface area contributed by atoms with Crippen molar-refractivity contribution in [1.29, 1.82) is 0 Å². The smallest absolute Gasteiger partial charge is 0.160 e. The number of ether oxygens (including phenoxy) is 1. The van der Waals surface area contributed by atoms with Crippen LogP contribution in [-0.4, -0.2) is 52.0 Å². The SMILES string of the molecule is COc1cc([C@@](O)(CO)[C@@H](O)CO)ccc1O. The van der Waals surface area contributed by atoms with Gasteiger partial charge in [0.1, 0.15) is 11.7 Å². The van der Waals surface area contributed by atoms with Crippen LogP contribution in [0.15, 0.2) is 18.2 Å². The van der Waals surface area contributed by atoms with E-state index >= 15 is 0 Å². The van der Waals surface area contributed by atoms with Crippen molar-refractivity contribution >= 4 is 0 Å². The Hall–Kier alpha value is -1.34. The second-order valence-corrected chi connectivity index (χ2v) is 3.67. The molecule has 2 atom stereocenters. The molecule has 0 saturated carbocycles. The molecular weight excluding hydrogens is 228 g/mol. The molecule has 5 N–H and O–H groups in total. The second kappa shape index (κ2) is 5.33. The third-order valence-electron chi connectivity index (χ3n) is 2.64. The van der Waals surface area contributed by atoms with Crippen molar-refractivity contribution < 1.29 is 30.3 Å². The first-order valence-electron chi connectivity index (χ1n) is 4.99. The minimum Gasteiger partial charge on any atom is -0.504 e. The molecule has 0 saturated heterocycles. The highest BCUT2D eigenvalue weighted by molar-refractivity contribution is 5.44. The van der Waals surface area contributed by atoms with Gasteiger partial charge >= 0.3 is 0 Å². The third kappa shape index (κ3) is 2.50. The fourth-order valence-electron chi connectivity index (χ4n) is 1.49. The molecule has 17 heavy (non-hydrogen) atoms. The highest BCUT2D eigenvalue weighted by Gasteiger charge is 2.37. The van der Waals surface area contributed by atoms with Crippen LogP contribution in [0.5, 0.6) is 11.5 Å². The quantitative estimate of drug-likeness (QED) is 0.451. The highest BCUT2D eigenvalue weighted by Crippen LogP contribution is 2.33. The molecule has 6 heteroatoms. The fraction of sp³-hybridized carbons (Fsp3) is 0.455. The maximum absolute atomic E-state index is 10.1. The monoisotopic (exact) mass is 244 g/mol. The van der Waals surface area contributed by atoms with Crippen LogP contribution in [0, 0.1) is 0 Å². The lowest BCUT2D eigenvalue weighted by molar-refractivity contribution is -0.126. The Morgan fingerprint density at radius 2 is 2.00 bits per heavy atom. The number of phenolic OH excluding ortho intramolecular Hbond substituents is 1. The van der Waals surface area contributed by atoms with Gasteiger partial charge in [0.25, 0.3) is 0 Å². The van der Waals surface area contributed by atoms with Crippen molar-refractivity contribution in [2.24, 2.45) is 0 Å². The number of aliphatic hydroxyl groups excluding tert-OH is 3. The van der Waals surface area contributed by atoms with Crippen molar-refractivity contribution in [3.8, 4) is 11.5 Å². The Balaban J connectivity index is 3.20. The minimum absolute atomic E-state index is 0.0968. The summed E-state index contributed by atoms with van der Waals surface area (Å²) in [6.45, 7) is -1.48. The summed E-state index contributed by atoms with van der Waals surface area (Å²) in [6, 6.07) is 3.87. The molecule has 0 amide bonds. The topological polar surface area (TPSA) is 110 Å². The van der Waals surface area contributed by atoms with E-state index in [9.17, 15) is 15.3 Å². The average molecular weight is 244 g/mol. The molecule has 0 fully saturated rings. The lowest BCUT2D eigenvalue weighted by Crippen LogP contribution is -2.45. The van der Waals surface area contributed by atoms with Crippen LogP contribution >= 0.6 is 0 Å². The van der Waals surface area contributed by atoms with Gasteiger partial charge in [-0.3, -0.25) is 0 Å². The fourth-order valence-corrected chi connectivity index (χ4v) is 1.49. The Bertz CT molecular complexity index is 380. The molecule has 0 aliphatic rings. The van der Waals surface area contributed by atoms with Crippen molar-refractivity contribution in [2.45, 2.75) is 11.7 Å². The standard InChI is InChI=1S/C11H16O6/c1-17-9-4-7(2-3-8(9)14)11(16,6-13)10(15)5-12/h2-4,10,12-16H,5-6H2,1H3/t10-,11-/m0/s1. The van der Waals surface area contributed by atoms with Gasteiger partial charge in [-0.05, 0) is 17.7 Å². The van der Waals surface area contributed by atoms with E-state index in [1.807, 2.05) is 0 Å². The summed E-state index contributed by atoms with van der Waals surface area (Å²) in [7, 11) is 1.33. The van der Waals surface area contributed by atoms with E-state index in [1.54, 1.807) is 0 Å². The summed E-state index contributed by atoms with van der Waals surface area (Å²) >= 11 is 0. The summed E-state index contributed by atoms with van der Waals surface area (Å²) in [5.41, 5.74) is -1.87. The first-order chi connectivity index (χ1) is 7.99. The van der Waals surface area contributed by atoms with Crippen molar-refractivity contribution in [3.05, 3.63) is 23.8 Å². The Kier molecular flexibility index (Phi) is 4.30. The van der Waals surface area contributed by atoms with Crippen LogP contribution in [0.1, 0.15) is 5.56 Å². The normalized spacial score (nSPS) is 16.3. The van der Waals surface area contributed by atoms with Gasteiger partial charge in [0.05, 0.1) is 20.3 Å². The van der Waals surface area contributed by atoms with E-state index in [0.717, 1.165) is 0 Å². The van der Waals surface area contributed by atoms with E-state index < -0.39 is 24.9 Å². The van der Waals surface area contributed by atoms with Crippen LogP contribution < -0.4 is 4.74 Å². The molecule has 1 aromatic rings. The van der Waals surface area contributed by atoms with E-state index in [4.69, 9.17) is 14.9 Å². The highest BCUT2D eigenvalue weighted by atomic mass is 16.5. The zero-order chi connectivity index (χ0) is 13.1. The predicted octanol–water partition coefficient (Wildman–Crippen LogP) is -1.07. The Morgan fingerprint density at radius 1 is 1.35 bits per heavy atom. The number of rotatable bonds is 5. The van der Waals surface area contributed by atoms with Gasteiger partial charge in [-0.1, -0.05) is 6.07 Å². The zero-order valence-electron chi connectivity index (χ0n) is 9.37. The Morgan fingerprint density at radius 3 is 2.47 bits per heavy atom. The lowest BCUT2D eigenvalue weighted by Gasteiger charge is -2.30. The number of benzene rings is 1. The Labute approximate surface area is 98.3 Å². The molecule has 0 aromatic heterocycles. The van der Waals surface area contributed by atoms with Crippen LogP contribution in [0.2, 0.25) is 0 Å². The van der Waals surface area contributed by atoms with Crippen molar-refractivity contribution in [3.63, 3.8) is 0 Å². The van der Waals surface area contributed by atoms with Gasteiger partial charge in [-0.25, -0.2) is 0 Å². The first kappa shape index (κ1) is 13.7. The van der Waals surface area contributed by atoms with Gasteiger partial charge < -0.3 is 30.3 Å². The molecule has 0 aliphatic heterocycles.